The summed E-state index contributed by atoms with van der Waals surface area (Å²) in [5, 5.41) is 1.35. The molecular formula is C60H64N2S. The fraction of sp³-hybridized carbons (Fsp3) is 0.267. The first-order valence-corrected chi connectivity index (χ1v) is 24.3. The average Bonchev–Trinajstić information content (AvgIpc) is 4.08. The van der Waals surface area contributed by atoms with Crippen LogP contribution in [0.25, 0.3) is 37.9 Å². The minimum atomic E-state index is -0.563. The summed E-state index contributed by atoms with van der Waals surface area (Å²) in [6.45, 7) is 22.6. The van der Waals surface area contributed by atoms with Crippen LogP contribution in [0.2, 0.25) is 0 Å². The van der Waals surface area contributed by atoms with E-state index in [-0.39, 0.29) is 5.92 Å². The molecular weight excluding hydrogens is 781 g/mol. The van der Waals surface area contributed by atoms with E-state index in [4.69, 9.17) is 11.6 Å². The van der Waals surface area contributed by atoms with Crippen molar-refractivity contribution in [3.63, 3.8) is 0 Å². The molecule has 2 unspecified atom stereocenters. The second-order valence-corrected chi connectivity index (χ2v) is 16.8. The smallest absolute Gasteiger partial charge is 0.0674 e. The molecule has 1 spiro atoms. The van der Waals surface area contributed by atoms with E-state index in [0.29, 0.717) is 0 Å². The number of fused-ring (bicyclic) bond motifs is 6. The molecule has 0 saturated heterocycles. The van der Waals surface area contributed by atoms with Crippen molar-refractivity contribution in [2.45, 2.75) is 98.8 Å². The van der Waals surface area contributed by atoms with Gasteiger partial charge in [-0.1, -0.05) is 164 Å². The van der Waals surface area contributed by atoms with Crippen LogP contribution < -0.4 is 0 Å². The van der Waals surface area contributed by atoms with Gasteiger partial charge in [-0.2, -0.15) is 0 Å². The third-order valence-corrected chi connectivity index (χ3v) is 14.0. The minimum Gasteiger partial charge on any atom is -0.285 e. The van der Waals surface area contributed by atoms with Crippen LogP contribution in [0.4, 0.5) is 0 Å². The fourth-order valence-corrected chi connectivity index (χ4v) is 11.2. The van der Waals surface area contributed by atoms with Gasteiger partial charge in [-0.05, 0) is 147 Å². The Hall–Kier alpha value is -5.90. The van der Waals surface area contributed by atoms with Crippen molar-refractivity contribution in [2.24, 2.45) is 4.99 Å². The van der Waals surface area contributed by atoms with Crippen LogP contribution in [-0.4, -0.2) is 17.2 Å². The van der Waals surface area contributed by atoms with E-state index >= 15 is 0 Å². The van der Waals surface area contributed by atoms with Crippen LogP contribution in [-0.2, 0) is 5.41 Å². The standard InChI is InChI=1S/C54H46N2S.3C2H6/c1-4-47-46(53-36(3)43-15-8-9-19-52(43)57-53)16-7-5-6-14-35(2)54(47)48-33-40(37-20-22-38(23-21-37)50-17-10-12-30-55-50)26-28-44(48)45-29-27-41(34-49(45)54)39-24-25-42(32-39)51-18-11-13-31-56-51;3*1-2/h5-12,14-15,17-22,24-30,33-34,38H,2,4,13,16,23,31-32H2,1,3H3;3*1-2H3/b7-5-,14-6-,47-46+;;;. The van der Waals surface area contributed by atoms with E-state index < -0.39 is 5.41 Å². The third-order valence-electron chi connectivity index (χ3n) is 12.7. The molecule has 1 aliphatic heterocycles. The number of allylic oxidation sites excluding steroid dienone is 16. The monoisotopic (exact) mass is 844 g/mol. The number of hydrogen-bond donors (Lipinski definition) is 0. The maximum absolute atomic E-state index is 5.03. The quantitative estimate of drug-likeness (QED) is 0.167. The Morgan fingerprint density at radius 1 is 0.778 bits per heavy atom. The molecule has 3 heterocycles. The van der Waals surface area contributed by atoms with Crippen LogP contribution in [0.15, 0.2) is 180 Å². The second-order valence-electron chi connectivity index (χ2n) is 15.8. The number of hydrogen-bond acceptors (Lipinski definition) is 3. The summed E-state index contributed by atoms with van der Waals surface area (Å²) in [5.74, 6) is 0.285. The van der Waals surface area contributed by atoms with Crippen molar-refractivity contribution in [3.8, 4) is 11.1 Å². The number of aromatic nitrogens is 1. The largest absolute Gasteiger partial charge is 0.285 e. The highest BCUT2D eigenvalue weighted by Gasteiger charge is 2.48. The van der Waals surface area contributed by atoms with Gasteiger partial charge in [0.05, 0.1) is 11.1 Å². The Morgan fingerprint density at radius 3 is 2.19 bits per heavy atom. The first-order chi connectivity index (χ1) is 31.0. The highest BCUT2D eigenvalue weighted by molar-refractivity contribution is 7.20. The fourth-order valence-electron chi connectivity index (χ4n) is 9.91. The molecule has 63 heavy (non-hydrogen) atoms. The zero-order valence-electron chi connectivity index (χ0n) is 38.8. The van der Waals surface area contributed by atoms with E-state index in [1.54, 1.807) is 0 Å². The van der Waals surface area contributed by atoms with Gasteiger partial charge in [-0.3, -0.25) is 9.98 Å². The molecule has 10 rings (SSSR count). The lowest BCUT2D eigenvalue weighted by atomic mass is 9.64. The van der Waals surface area contributed by atoms with Crippen molar-refractivity contribution in [1.29, 1.82) is 0 Å². The van der Waals surface area contributed by atoms with Gasteiger partial charge in [0.1, 0.15) is 0 Å². The lowest BCUT2D eigenvalue weighted by Crippen LogP contribution is -2.31. The molecule has 4 aliphatic carbocycles. The topological polar surface area (TPSA) is 25.2 Å². The Bertz CT molecular complexity index is 2770. The van der Waals surface area contributed by atoms with Gasteiger partial charge < -0.3 is 0 Å². The number of thiophene rings is 1. The van der Waals surface area contributed by atoms with Crippen LogP contribution >= 0.6 is 11.3 Å². The normalized spacial score (nSPS) is 21.7. The summed E-state index contributed by atoms with van der Waals surface area (Å²) in [6.07, 6.45) is 31.7. The number of dihydropyridines is 1. The number of pyridine rings is 1. The van der Waals surface area contributed by atoms with Gasteiger partial charge in [-0.25, -0.2) is 0 Å². The maximum Gasteiger partial charge on any atom is 0.0674 e. The molecule has 320 valence electrons. The van der Waals surface area contributed by atoms with Gasteiger partial charge in [0, 0.05) is 40.4 Å². The summed E-state index contributed by atoms with van der Waals surface area (Å²) in [6, 6.07) is 29.6. The molecule has 0 amide bonds. The molecule has 2 nitrogen and oxygen atoms in total. The maximum atomic E-state index is 5.03. The Labute approximate surface area is 382 Å². The Balaban J connectivity index is 0.000000953. The molecule has 0 bridgehead atoms. The summed E-state index contributed by atoms with van der Waals surface area (Å²) >= 11 is 1.94. The zero-order chi connectivity index (χ0) is 44.5. The minimum absolute atomic E-state index is 0.285. The van der Waals surface area contributed by atoms with Gasteiger partial charge in [0.15, 0.2) is 0 Å². The van der Waals surface area contributed by atoms with Crippen molar-refractivity contribution in [2.75, 3.05) is 6.54 Å². The SMILES string of the molecule is C=C1/C=C\C=C/C/C(c2sc3ccccc3c2C)=C(/CC)C12c1cc(C3=CCC(c4ccccn4)C=C3)ccc1-c1ccc(C3=CC=C(C4=NCCC=C4)C3)cc12.CC.CC.CC. The molecule has 0 radical (unpaired) electrons. The number of rotatable bonds is 6. The second kappa shape index (κ2) is 20.5. The molecule has 5 aliphatic rings. The first kappa shape index (κ1) is 45.1. The van der Waals surface area contributed by atoms with Crippen LogP contribution in [0.1, 0.15) is 125 Å². The van der Waals surface area contributed by atoms with Crippen molar-refractivity contribution in [3.05, 3.63) is 214 Å². The molecule has 0 fully saturated rings. The molecule has 2 aromatic heterocycles. The third kappa shape index (κ3) is 8.37. The van der Waals surface area contributed by atoms with E-state index in [1.807, 2.05) is 65.1 Å². The predicted octanol–water partition coefficient (Wildman–Crippen LogP) is 17.1. The van der Waals surface area contributed by atoms with Gasteiger partial charge in [-0.15, -0.1) is 11.3 Å². The molecule has 3 aromatic carbocycles. The van der Waals surface area contributed by atoms with E-state index in [1.165, 1.54) is 81.8 Å². The molecule has 0 saturated carbocycles. The van der Waals surface area contributed by atoms with E-state index in [2.05, 4.69) is 158 Å². The number of aryl methyl sites for hydroxylation is 1. The number of aliphatic imine (C=N–C) groups is 1. The Kier molecular flexibility index (Phi) is 14.7. The summed E-state index contributed by atoms with van der Waals surface area (Å²) in [7, 11) is 0. The van der Waals surface area contributed by atoms with Crippen molar-refractivity contribution < 1.29 is 0 Å². The Morgan fingerprint density at radius 2 is 1.51 bits per heavy atom. The predicted molar refractivity (Wildman–Crippen MR) is 278 cm³/mol. The molecule has 3 heteroatoms. The molecule has 0 N–H and O–H groups in total. The lowest BCUT2D eigenvalue weighted by Gasteiger charge is -2.38. The number of benzene rings is 3. The summed E-state index contributed by atoms with van der Waals surface area (Å²) in [4.78, 5) is 10.9. The van der Waals surface area contributed by atoms with Gasteiger partial charge in [0.2, 0.25) is 0 Å². The van der Waals surface area contributed by atoms with E-state index in [0.717, 1.165) is 55.6 Å². The molecule has 5 aromatic rings. The average molecular weight is 845 g/mol. The molecule has 2 atom stereocenters. The zero-order valence-corrected chi connectivity index (χ0v) is 39.6. The van der Waals surface area contributed by atoms with Crippen LogP contribution in [0.5, 0.6) is 0 Å². The van der Waals surface area contributed by atoms with Crippen molar-refractivity contribution >= 4 is 43.9 Å². The lowest BCUT2D eigenvalue weighted by molar-refractivity contribution is 0.714. The van der Waals surface area contributed by atoms with Gasteiger partial charge in [0.25, 0.3) is 0 Å². The van der Waals surface area contributed by atoms with Crippen LogP contribution in [0.3, 0.4) is 0 Å². The highest BCUT2D eigenvalue weighted by Crippen LogP contribution is 2.60. The van der Waals surface area contributed by atoms with Crippen LogP contribution in [0, 0.1) is 6.92 Å². The van der Waals surface area contributed by atoms with Gasteiger partial charge >= 0.3 is 0 Å². The first-order valence-electron chi connectivity index (χ1n) is 23.5. The summed E-state index contributed by atoms with van der Waals surface area (Å²) < 4.78 is 1.34. The summed E-state index contributed by atoms with van der Waals surface area (Å²) in [5.41, 5.74) is 18.7. The van der Waals surface area contributed by atoms with Crippen molar-refractivity contribution in [1.82, 2.24) is 4.98 Å². The highest BCUT2D eigenvalue weighted by atomic mass is 32.1. The van der Waals surface area contributed by atoms with E-state index in [9.17, 15) is 0 Å². The number of nitrogens with zero attached hydrogens (tertiary/aromatic N) is 2.